The summed E-state index contributed by atoms with van der Waals surface area (Å²) in [6.07, 6.45) is 3.98. The van der Waals surface area contributed by atoms with E-state index in [0.29, 0.717) is 44.3 Å². The summed E-state index contributed by atoms with van der Waals surface area (Å²) in [5.41, 5.74) is -0.215. The van der Waals surface area contributed by atoms with Crippen LogP contribution < -0.4 is 0 Å². The Bertz CT molecular complexity index is 450. The highest BCUT2D eigenvalue weighted by atomic mass is 32.2. The summed E-state index contributed by atoms with van der Waals surface area (Å²) >= 11 is 4.86. The van der Waals surface area contributed by atoms with Gasteiger partial charge in [0.1, 0.15) is 16.3 Å². The van der Waals surface area contributed by atoms with Gasteiger partial charge in [0.2, 0.25) is 0 Å². The molecular weight excluding hydrogens is 460 g/mol. The van der Waals surface area contributed by atoms with Crippen molar-refractivity contribution in [2.45, 2.75) is 105 Å². The van der Waals surface area contributed by atoms with Crippen LogP contribution in [0.4, 0.5) is 0 Å². The molecule has 0 aromatic heterocycles. The third-order valence-corrected chi connectivity index (χ3v) is 8.74. The number of aliphatic hydroxyl groups excluding tert-OH is 4. The summed E-state index contributed by atoms with van der Waals surface area (Å²) in [6, 6.07) is 0. The van der Waals surface area contributed by atoms with Crippen molar-refractivity contribution in [3.05, 3.63) is 0 Å². The van der Waals surface area contributed by atoms with Crippen LogP contribution in [0.25, 0.3) is 0 Å². The fourth-order valence-electron chi connectivity index (χ4n) is 3.97. The molecule has 0 aromatic carbocycles. The topological polar surface area (TPSA) is 109 Å². The first-order valence-corrected chi connectivity index (χ1v) is 14.7. The molecule has 0 spiro atoms. The molecule has 0 radical (unpaired) electrons. The Morgan fingerprint density at radius 3 is 1.48 bits per heavy atom. The van der Waals surface area contributed by atoms with E-state index in [4.69, 9.17) is 14.2 Å². The van der Waals surface area contributed by atoms with Gasteiger partial charge in [0.05, 0.1) is 43.2 Å². The Kier molecular flexibility index (Phi) is 13.5. The molecule has 184 valence electrons. The van der Waals surface area contributed by atoms with Gasteiger partial charge in [0.15, 0.2) is 0 Å². The molecule has 3 aliphatic rings. The van der Waals surface area contributed by atoms with Crippen molar-refractivity contribution in [1.29, 1.82) is 0 Å². The summed E-state index contributed by atoms with van der Waals surface area (Å²) in [5.74, 6) is 1.42. The molecule has 0 aromatic rings. The molecule has 0 aliphatic carbocycles. The zero-order chi connectivity index (χ0) is 22.8. The lowest BCUT2D eigenvalue weighted by molar-refractivity contribution is -0.0793. The lowest BCUT2D eigenvalue weighted by atomic mass is 10.1. The van der Waals surface area contributed by atoms with Crippen molar-refractivity contribution in [2.24, 2.45) is 0 Å². The quantitative estimate of drug-likeness (QED) is 0.397. The second-order valence-electron chi connectivity index (χ2n) is 8.02. The normalized spacial score (nSPS) is 41.3. The molecule has 4 N–H and O–H groups in total. The van der Waals surface area contributed by atoms with Crippen molar-refractivity contribution in [3.63, 3.8) is 0 Å². The van der Waals surface area contributed by atoms with E-state index in [0.717, 1.165) is 5.75 Å². The minimum atomic E-state index is -0.449. The van der Waals surface area contributed by atoms with E-state index in [1.165, 1.54) is 0 Å². The number of ether oxygens (including phenoxy) is 3. The summed E-state index contributed by atoms with van der Waals surface area (Å²) in [6.45, 7) is 3.92. The van der Waals surface area contributed by atoms with Gasteiger partial charge < -0.3 is 34.6 Å². The van der Waals surface area contributed by atoms with E-state index in [9.17, 15) is 20.4 Å². The largest absolute Gasteiger partial charge is 0.394 e. The smallest absolute Gasteiger partial charge is 0.106 e. The molecular formula is C21H40O7S3. The van der Waals surface area contributed by atoms with Crippen molar-refractivity contribution in [3.8, 4) is 0 Å². The summed E-state index contributed by atoms with van der Waals surface area (Å²) in [4.78, 5) is 0. The number of hydrogen-bond acceptors (Lipinski definition) is 10. The molecule has 31 heavy (non-hydrogen) atoms. The van der Waals surface area contributed by atoms with Gasteiger partial charge in [-0.25, -0.2) is 0 Å². The zero-order valence-corrected chi connectivity index (χ0v) is 21.2. The lowest BCUT2D eigenvalue weighted by Crippen LogP contribution is -2.39. The highest BCUT2D eigenvalue weighted by Crippen LogP contribution is 2.35. The minimum Gasteiger partial charge on any atom is -0.394 e. The van der Waals surface area contributed by atoms with Gasteiger partial charge >= 0.3 is 0 Å². The Morgan fingerprint density at radius 2 is 1.03 bits per heavy atom. The number of hydrogen-bond donors (Lipinski definition) is 4. The Morgan fingerprint density at radius 1 is 0.645 bits per heavy atom. The zero-order valence-electron chi connectivity index (χ0n) is 18.8. The van der Waals surface area contributed by atoms with Crippen LogP contribution in [-0.4, -0.2) is 97.7 Å². The second kappa shape index (κ2) is 14.9. The first-order chi connectivity index (χ1) is 14.9. The fraction of sp³-hybridized carbons (Fsp3) is 1.00. The number of thioether (sulfide) groups is 3. The SMILES string of the molecule is CC.CSC1CC(O)CC(CSC2CC(O)CC(CSC3CC(O)CC(CO)O3)O2)O1. The molecule has 9 atom stereocenters. The Balaban J connectivity index is 0.00000166. The average Bonchev–Trinajstić information content (AvgIpc) is 2.76. The third kappa shape index (κ3) is 9.88. The lowest BCUT2D eigenvalue weighted by Gasteiger charge is -2.36. The highest BCUT2D eigenvalue weighted by molar-refractivity contribution is 8.00. The maximum Gasteiger partial charge on any atom is 0.106 e. The third-order valence-electron chi connectivity index (χ3n) is 5.43. The molecule has 3 fully saturated rings. The Hall–Kier alpha value is 0.770. The van der Waals surface area contributed by atoms with Crippen LogP contribution in [0.1, 0.15) is 52.4 Å². The number of aliphatic hydroxyl groups is 4. The van der Waals surface area contributed by atoms with Gasteiger partial charge in [-0.2, -0.15) is 0 Å². The predicted molar refractivity (Wildman–Crippen MR) is 129 cm³/mol. The van der Waals surface area contributed by atoms with E-state index in [1.807, 2.05) is 20.1 Å². The van der Waals surface area contributed by atoms with Crippen LogP contribution in [0.2, 0.25) is 0 Å². The van der Waals surface area contributed by atoms with E-state index in [1.54, 1.807) is 35.3 Å². The summed E-state index contributed by atoms with van der Waals surface area (Å²) in [7, 11) is 0. The standard InChI is InChI=1S/C19H34O7S3.C2H6/c1-27-17-5-12(22)3-15(25-17)9-29-19-7-13(23)4-16(26-19)10-28-18-6-11(21)2-14(8-20)24-18;1-2/h11-23H,2-10H2,1H3;1-2H3. The fourth-order valence-corrected chi connectivity index (χ4v) is 7.13. The minimum absolute atomic E-state index is 0.00392. The molecule has 0 amide bonds. The van der Waals surface area contributed by atoms with Gasteiger partial charge in [-0.15, -0.1) is 35.3 Å². The van der Waals surface area contributed by atoms with Crippen LogP contribution in [0, 0.1) is 0 Å². The monoisotopic (exact) mass is 500 g/mol. The molecule has 3 saturated heterocycles. The van der Waals surface area contributed by atoms with Crippen molar-refractivity contribution < 1.29 is 34.6 Å². The van der Waals surface area contributed by atoms with E-state index < -0.39 is 12.2 Å². The molecule has 0 bridgehead atoms. The van der Waals surface area contributed by atoms with E-state index >= 15 is 0 Å². The van der Waals surface area contributed by atoms with E-state index in [-0.39, 0.29) is 47.3 Å². The van der Waals surface area contributed by atoms with Crippen LogP contribution in [0.3, 0.4) is 0 Å². The highest BCUT2D eigenvalue weighted by Gasteiger charge is 2.34. The molecule has 3 aliphatic heterocycles. The molecule has 3 rings (SSSR count). The number of rotatable bonds is 8. The average molecular weight is 501 g/mol. The molecule has 10 heteroatoms. The molecule has 7 nitrogen and oxygen atoms in total. The van der Waals surface area contributed by atoms with Crippen LogP contribution in [0.15, 0.2) is 0 Å². The van der Waals surface area contributed by atoms with Gasteiger partial charge in [-0.1, -0.05) is 13.8 Å². The molecule has 0 saturated carbocycles. The maximum absolute atomic E-state index is 10.3. The van der Waals surface area contributed by atoms with Crippen molar-refractivity contribution >= 4 is 35.3 Å². The summed E-state index contributed by atoms with van der Waals surface area (Å²) < 4.78 is 18.0. The van der Waals surface area contributed by atoms with Crippen LogP contribution in [0.5, 0.6) is 0 Å². The molecule has 9 unspecified atom stereocenters. The van der Waals surface area contributed by atoms with Gasteiger partial charge in [-0.3, -0.25) is 0 Å². The molecule has 3 heterocycles. The van der Waals surface area contributed by atoms with Gasteiger partial charge in [-0.05, 0) is 6.26 Å². The van der Waals surface area contributed by atoms with Crippen molar-refractivity contribution in [1.82, 2.24) is 0 Å². The predicted octanol–water partition coefficient (Wildman–Crippen LogP) is 2.43. The second-order valence-corrected chi connectivity index (χ2v) is 11.4. The summed E-state index contributed by atoms with van der Waals surface area (Å²) in [5, 5.41) is 39.6. The van der Waals surface area contributed by atoms with Crippen molar-refractivity contribution in [2.75, 3.05) is 24.4 Å². The van der Waals surface area contributed by atoms with Crippen LogP contribution >= 0.6 is 35.3 Å². The van der Waals surface area contributed by atoms with E-state index in [2.05, 4.69) is 0 Å². The van der Waals surface area contributed by atoms with Crippen LogP contribution in [-0.2, 0) is 14.2 Å². The van der Waals surface area contributed by atoms with Gasteiger partial charge in [0, 0.05) is 50.0 Å². The maximum atomic E-state index is 10.3. The Labute approximate surface area is 199 Å². The van der Waals surface area contributed by atoms with Gasteiger partial charge in [0.25, 0.3) is 0 Å². The first-order valence-electron chi connectivity index (χ1n) is 11.3. The first kappa shape index (κ1) is 28.0.